The Balaban J connectivity index is 4.01. The molecular weight excluding hydrogens is 310 g/mol. The number of alkyl carbamates (subject to hydrolysis) is 1. The molecule has 0 aromatic carbocycles. The molecule has 2 amide bonds. The zero-order chi connectivity index (χ0) is 18.0. The van der Waals surface area contributed by atoms with Crippen LogP contribution in [0.2, 0.25) is 0 Å². The number of carbonyl (C=O) groups excluding carboxylic acids is 2. The number of ether oxygens (including phenoxy) is 2. The van der Waals surface area contributed by atoms with Crippen molar-refractivity contribution in [2.45, 2.75) is 58.8 Å². The summed E-state index contributed by atoms with van der Waals surface area (Å²) in [4.78, 5) is 25.2. The molecule has 7 nitrogen and oxygen atoms in total. The molecule has 0 heterocycles. The van der Waals surface area contributed by atoms with E-state index in [1.807, 2.05) is 6.92 Å². The Bertz CT molecular complexity index is 327. The molecule has 0 aliphatic carbocycles. The lowest BCUT2D eigenvalue weighted by Gasteiger charge is -2.22. The Morgan fingerprint density at radius 3 is 2.17 bits per heavy atom. The van der Waals surface area contributed by atoms with Gasteiger partial charge < -0.3 is 25.4 Å². The minimum Gasteiger partial charge on any atom is -0.450 e. The van der Waals surface area contributed by atoms with Crippen molar-refractivity contribution in [1.29, 1.82) is 0 Å². The summed E-state index contributed by atoms with van der Waals surface area (Å²) in [6.07, 6.45) is 5.42. The number of nitrogens with two attached hydrogens (primary N) is 1. The van der Waals surface area contributed by atoms with E-state index in [4.69, 9.17) is 15.2 Å². The van der Waals surface area contributed by atoms with E-state index in [0.29, 0.717) is 45.8 Å². The summed E-state index contributed by atoms with van der Waals surface area (Å²) < 4.78 is 10.3. The van der Waals surface area contributed by atoms with Crippen molar-refractivity contribution in [3.05, 3.63) is 0 Å². The molecule has 0 radical (unpaired) electrons. The van der Waals surface area contributed by atoms with E-state index in [2.05, 4.69) is 12.2 Å². The Hall–Kier alpha value is -1.50. The molecule has 24 heavy (non-hydrogen) atoms. The molecule has 0 saturated carbocycles. The highest BCUT2D eigenvalue weighted by Crippen LogP contribution is 2.02. The van der Waals surface area contributed by atoms with Crippen LogP contribution in [-0.4, -0.2) is 56.5 Å². The Morgan fingerprint density at radius 1 is 0.917 bits per heavy atom. The highest BCUT2D eigenvalue weighted by atomic mass is 16.6. The number of hydrogen-bond acceptors (Lipinski definition) is 5. The van der Waals surface area contributed by atoms with Crippen LogP contribution in [0.3, 0.4) is 0 Å². The summed E-state index contributed by atoms with van der Waals surface area (Å²) in [6.45, 7) is 7.25. The summed E-state index contributed by atoms with van der Waals surface area (Å²) in [7, 11) is 0. The van der Waals surface area contributed by atoms with Crippen LogP contribution >= 0.6 is 0 Å². The minimum absolute atomic E-state index is 0.286. The molecule has 142 valence electrons. The quantitative estimate of drug-likeness (QED) is 0.472. The van der Waals surface area contributed by atoms with Crippen molar-refractivity contribution in [1.82, 2.24) is 10.2 Å². The first-order chi connectivity index (χ1) is 11.7. The normalized spacial score (nSPS) is 10.3. The van der Waals surface area contributed by atoms with Crippen LogP contribution < -0.4 is 11.1 Å². The third-order valence-electron chi connectivity index (χ3n) is 3.47. The highest BCUT2D eigenvalue weighted by molar-refractivity contribution is 5.68. The monoisotopic (exact) mass is 345 g/mol. The van der Waals surface area contributed by atoms with Crippen LogP contribution in [0.4, 0.5) is 9.59 Å². The largest absolute Gasteiger partial charge is 0.450 e. The second-order valence-corrected chi connectivity index (χ2v) is 5.72. The van der Waals surface area contributed by atoms with Crippen LogP contribution in [0, 0.1) is 0 Å². The van der Waals surface area contributed by atoms with Gasteiger partial charge in [0.15, 0.2) is 0 Å². The summed E-state index contributed by atoms with van der Waals surface area (Å²) in [5.41, 5.74) is 5.50. The fraction of sp³-hybridized carbons (Fsp3) is 0.882. The molecule has 0 aliphatic rings. The summed E-state index contributed by atoms with van der Waals surface area (Å²) >= 11 is 0. The lowest BCUT2D eigenvalue weighted by atomic mass is 10.3. The van der Waals surface area contributed by atoms with Gasteiger partial charge in [-0.15, -0.1) is 0 Å². The maximum atomic E-state index is 12.1. The molecule has 0 aliphatic heterocycles. The number of amides is 2. The van der Waals surface area contributed by atoms with Gasteiger partial charge in [0, 0.05) is 19.6 Å². The fourth-order valence-electron chi connectivity index (χ4n) is 1.96. The van der Waals surface area contributed by atoms with Crippen molar-refractivity contribution in [2.24, 2.45) is 5.73 Å². The van der Waals surface area contributed by atoms with Gasteiger partial charge in [0.25, 0.3) is 0 Å². The number of unbranched alkanes of at least 4 members (excludes halogenated alkanes) is 3. The number of nitrogens with one attached hydrogen (secondary N) is 1. The number of rotatable bonds is 14. The maximum Gasteiger partial charge on any atom is 0.409 e. The molecular formula is C17H35N3O4. The number of hydrogen-bond donors (Lipinski definition) is 2. The van der Waals surface area contributed by atoms with Crippen LogP contribution in [0.15, 0.2) is 0 Å². The summed E-state index contributed by atoms with van der Waals surface area (Å²) in [5.74, 6) is 0. The van der Waals surface area contributed by atoms with Crippen molar-refractivity contribution < 1.29 is 19.1 Å². The second-order valence-electron chi connectivity index (χ2n) is 5.72. The molecule has 0 aromatic heterocycles. The van der Waals surface area contributed by atoms with Crippen molar-refractivity contribution in [2.75, 3.05) is 39.4 Å². The Kier molecular flexibility index (Phi) is 15.3. The van der Waals surface area contributed by atoms with E-state index in [1.165, 1.54) is 0 Å². The summed E-state index contributed by atoms with van der Waals surface area (Å²) in [6, 6.07) is 0. The van der Waals surface area contributed by atoms with Crippen molar-refractivity contribution in [3.63, 3.8) is 0 Å². The second kappa shape index (κ2) is 16.4. The first-order valence-corrected chi connectivity index (χ1v) is 9.18. The number of nitrogens with zero attached hydrogens (tertiary/aromatic N) is 1. The highest BCUT2D eigenvalue weighted by Gasteiger charge is 2.14. The predicted octanol–water partition coefficient (Wildman–Crippen LogP) is 2.88. The van der Waals surface area contributed by atoms with E-state index >= 15 is 0 Å². The Morgan fingerprint density at radius 2 is 1.54 bits per heavy atom. The van der Waals surface area contributed by atoms with Gasteiger partial charge in [-0.05, 0) is 38.6 Å². The molecule has 0 spiro atoms. The van der Waals surface area contributed by atoms with Gasteiger partial charge >= 0.3 is 12.2 Å². The van der Waals surface area contributed by atoms with Crippen molar-refractivity contribution in [3.8, 4) is 0 Å². The third-order valence-corrected chi connectivity index (χ3v) is 3.47. The van der Waals surface area contributed by atoms with Gasteiger partial charge in [-0.3, -0.25) is 0 Å². The molecule has 0 unspecified atom stereocenters. The van der Waals surface area contributed by atoms with Crippen molar-refractivity contribution >= 4 is 12.2 Å². The average Bonchev–Trinajstić information content (AvgIpc) is 2.57. The average molecular weight is 345 g/mol. The Labute approximate surface area is 146 Å². The van der Waals surface area contributed by atoms with Crippen LogP contribution in [0.25, 0.3) is 0 Å². The zero-order valence-corrected chi connectivity index (χ0v) is 15.3. The van der Waals surface area contributed by atoms with E-state index in [-0.39, 0.29) is 6.09 Å². The molecule has 0 bridgehead atoms. The standard InChI is InChI=1S/C17H35N3O4/c1-3-5-14-23-16(21)19-11-9-13-20(12-8-7-10-18)17(22)24-15-6-4-2/h3-15,18H2,1-2H3,(H,19,21). The lowest BCUT2D eigenvalue weighted by Crippen LogP contribution is -2.36. The van der Waals surface area contributed by atoms with Gasteiger partial charge in [0.2, 0.25) is 0 Å². The van der Waals surface area contributed by atoms with E-state index in [1.54, 1.807) is 4.90 Å². The van der Waals surface area contributed by atoms with Gasteiger partial charge in [-0.1, -0.05) is 26.7 Å². The maximum absolute atomic E-state index is 12.1. The summed E-state index contributed by atoms with van der Waals surface area (Å²) in [5, 5.41) is 2.70. The molecule has 7 heteroatoms. The predicted molar refractivity (Wildman–Crippen MR) is 95.0 cm³/mol. The molecule has 0 aromatic rings. The van der Waals surface area contributed by atoms with E-state index in [9.17, 15) is 9.59 Å². The van der Waals surface area contributed by atoms with Gasteiger partial charge in [0.05, 0.1) is 13.2 Å². The van der Waals surface area contributed by atoms with Crippen LogP contribution in [-0.2, 0) is 9.47 Å². The van der Waals surface area contributed by atoms with Crippen LogP contribution in [0.5, 0.6) is 0 Å². The third kappa shape index (κ3) is 13.0. The smallest absolute Gasteiger partial charge is 0.409 e. The van der Waals surface area contributed by atoms with Gasteiger partial charge in [-0.2, -0.15) is 0 Å². The van der Waals surface area contributed by atoms with E-state index < -0.39 is 6.09 Å². The topological polar surface area (TPSA) is 93.9 Å². The van der Waals surface area contributed by atoms with E-state index in [0.717, 1.165) is 38.5 Å². The zero-order valence-electron chi connectivity index (χ0n) is 15.3. The first-order valence-electron chi connectivity index (χ1n) is 9.18. The molecule has 0 fully saturated rings. The van der Waals surface area contributed by atoms with Gasteiger partial charge in [-0.25, -0.2) is 9.59 Å². The number of carbonyl (C=O) groups is 2. The molecule has 3 N–H and O–H groups in total. The molecule has 0 saturated heterocycles. The molecule has 0 rings (SSSR count). The fourth-order valence-corrected chi connectivity index (χ4v) is 1.96. The first kappa shape index (κ1) is 22.5. The van der Waals surface area contributed by atoms with Gasteiger partial charge in [0.1, 0.15) is 0 Å². The lowest BCUT2D eigenvalue weighted by molar-refractivity contribution is 0.0997. The SMILES string of the molecule is CCCCOC(=O)NCCCN(CCCCN)C(=O)OCCCC. The minimum atomic E-state index is -0.399. The van der Waals surface area contributed by atoms with Crippen LogP contribution in [0.1, 0.15) is 58.8 Å². The molecule has 0 atom stereocenters.